The maximum absolute atomic E-state index is 8.96. The summed E-state index contributed by atoms with van der Waals surface area (Å²) in [4.78, 5) is 0. The zero-order valence-electron chi connectivity index (χ0n) is 10.0. The van der Waals surface area contributed by atoms with Crippen molar-refractivity contribution < 1.29 is 19.4 Å². The number of oxime groups is 1. The molecule has 5 heteroatoms. The van der Waals surface area contributed by atoms with Crippen LogP contribution in [0.25, 0.3) is 0 Å². The lowest BCUT2D eigenvalue weighted by atomic mass is 10.0. The summed E-state index contributed by atoms with van der Waals surface area (Å²) < 4.78 is 16.6. The molecule has 0 aliphatic carbocycles. The highest BCUT2D eigenvalue weighted by molar-refractivity contribution is 5.90. The standard InChI is InChI=1S/C12H15NO4/c1-8(13-14)12(16-3)11(15-2)9-6-4-5-7-10(9)17-12/h4-7,11,14H,1-3H3/t11-,12-/m0/s1. The Hall–Kier alpha value is -1.59. The zero-order chi connectivity index (χ0) is 12.5. The smallest absolute Gasteiger partial charge is 0.284 e. The van der Waals surface area contributed by atoms with E-state index in [4.69, 9.17) is 19.4 Å². The maximum atomic E-state index is 8.96. The Kier molecular flexibility index (Phi) is 3.04. The Morgan fingerprint density at radius 3 is 2.71 bits per heavy atom. The lowest BCUT2D eigenvalue weighted by Crippen LogP contribution is -2.47. The fraction of sp³-hybridized carbons (Fsp3) is 0.417. The third-order valence-electron chi connectivity index (χ3n) is 3.00. The number of rotatable bonds is 3. The molecule has 1 aromatic rings. The molecule has 0 bridgehead atoms. The Balaban J connectivity index is 2.53. The maximum Gasteiger partial charge on any atom is 0.284 e. The predicted molar refractivity (Wildman–Crippen MR) is 61.5 cm³/mol. The van der Waals surface area contributed by atoms with Gasteiger partial charge in [0.25, 0.3) is 5.79 Å². The fourth-order valence-corrected chi connectivity index (χ4v) is 2.12. The molecule has 1 aliphatic rings. The van der Waals surface area contributed by atoms with Crippen LogP contribution in [0.4, 0.5) is 0 Å². The molecule has 1 aliphatic heterocycles. The topological polar surface area (TPSA) is 60.3 Å². The van der Waals surface area contributed by atoms with Gasteiger partial charge in [0.15, 0.2) is 6.10 Å². The van der Waals surface area contributed by atoms with Crippen molar-refractivity contribution in [3.63, 3.8) is 0 Å². The molecule has 1 aromatic carbocycles. The van der Waals surface area contributed by atoms with Crippen molar-refractivity contribution in [1.82, 2.24) is 0 Å². The highest BCUT2D eigenvalue weighted by Crippen LogP contribution is 2.46. The lowest BCUT2D eigenvalue weighted by molar-refractivity contribution is -0.169. The van der Waals surface area contributed by atoms with Crippen molar-refractivity contribution in [3.8, 4) is 5.75 Å². The van der Waals surface area contributed by atoms with E-state index in [1.165, 1.54) is 7.11 Å². The lowest BCUT2D eigenvalue weighted by Gasteiger charge is -2.30. The summed E-state index contributed by atoms with van der Waals surface area (Å²) in [6.45, 7) is 1.63. The quantitative estimate of drug-likeness (QED) is 0.496. The summed E-state index contributed by atoms with van der Waals surface area (Å²) in [6.07, 6.45) is -0.459. The molecule has 1 heterocycles. The van der Waals surface area contributed by atoms with E-state index in [2.05, 4.69) is 5.16 Å². The molecule has 0 saturated carbocycles. The van der Waals surface area contributed by atoms with Gasteiger partial charge in [0.2, 0.25) is 0 Å². The van der Waals surface area contributed by atoms with Gasteiger partial charge in [-0.2, -0.15) is 0 Å². The largest absolute Gasteiger partial charge is 0.453 e. The second-order valence-electron chi connectivity index (χ2n) is 3.81. The molecular formula is C12H15NO4. The van der Waals surface area contributed by atoms with Crippen LogP contribution < -0.4 is 4.74 Å². The average molecular weight is 237 g/mol. The highest BCUT2D eigenvalue weighted by atomic mass is 16.7. The summed E-state index contributed by atoms with van der Waals surface area (Å²) in [5.41, 5.74) is 1.18. The monoisotopic (exact) mass is 237 g/mol. The minimum Gasteiger partial charge on any atom is -0.453 e. The van der Waals surface area contributed by atoms with Gasteiger partial charge in [-0.1, -0.05) is 23.4 Å². The second-order valence-corrected chi connectivity index (χ2v) is 3.81. The number of hydrogen-bond acceptors (Lipinski definition) is 5. The third kappa shape index (κ3) is 1.59. The molecule has 5 nitrogen and oxygen atoms in total. The van der Waals surface area contributed by atoms with E-state index in [1.54, 1.807) is 14.0 Å². The van der Waals surface area contributed by atoms with Crippen LogP contribution in [0.2, 0.25) is 0 Å². The molecule has 0 radical (unpaired) electrons. The molecule has 0 saturated heterocycles. The van der Waals surface area contributed by atoms with E-state index in [0.717, 1.165) is 5.56 Å². The Morgan fingerprint density at radius 1 is 1.41 bits per heavy atom. The molecule has 92 valence electrons. The van der Waals surface area contributed by atoms with Crippen LogP contribution in [0.15, 0.2) is 29.4 Å². The van der Waals surface area contributed by atoms with Crippen molar-refractivity contribution in [2.45, 2.75) is 18.8 Å². The van der Waals surface area contributed by atoms with Crippen molar-refractivity contribution in [2.24, 2.45) is 5.16 Å². The molecule has 1 N–H and O–H groups in total. The summed E-state index contributed by atoms with van der Waals surface area (Å²) in [7, 11) is 3.06. The first-order valence-corrected chi connectivity index (χ1v) is 5.24. The molecule has 0 fully saturated rings. The van der Waals surface area contributed by atoms with Gasteiger partial charge < -0.3 is 19.4 Å². The summed E-state index contributed by atoms with van der Waals surface area (Å²) in [5, 5.41) is 12.1. The van der Waals surface area contributed by atoms with Gasteiger partial charge in [-0.05, 0) is 13.0 Å². The zero-order valence-corrected chi connectivity index (χ0v) is 10.0. The fourth-order valence-electron chi connectivity index (χ4n) is 2.12. The molecule has 17 heavy (non-hydrogen) atoms. The first-order chi connectivity index (χ1) is 8.19. The van der Waals surface area contributed by atoms with Crippen molar-refractivity contribution >= 4 is 5.71 Å². The number of fused-ring (bicyclic) bond motifs is 1. The van der Waals surface area contributed by atoms with E-state index in [1.807, 2.05) is 24.3 Å². The molecule has 0 amide bonds. The van der Waals surface area contributed by atoms with Crippen molar-refractivity contribution in [3.05, 3.63) is 29.8 Å². The Labute approximate surface area is 99.6 Å². The number of para-hydroxylation sites is 1. The SMILES string of the molecule is CO[C@H]1c2ccccc2O[C@@]1(OC)C(C)=NO. The Morgan fingerprint density at radius 2 is 2.12 bits per heavy atom. The number of nitrogens with zero attached hydrogens (tertiary/aromatic N) is 1. The van der Waals surface area contributed by atoms with Crippen LogP contribution in [0, 0.1) is 0 Å². The van der Waals surface area contributed by atoms with E-state index >= 15 is 0 Å². The minimum atomic E-state index is -1.20. The normalized spacial score (nSPS) is 27.7. The van der Waals surface area contributed by atoms with E-state index < -0.39 is 11.9 Å². The minimum absolute atomic E-state index is 0.308. The van der Waals surface area contributed by atoms with Crippen LogP contribution in [0.3, 0.4) is 0 Å². The molecule has 0 spiro atoms. The number of methoxy groups -OCH3 is 2. The first-order valence-electron chi connectivity index (χ1n) is 5.24. The van der Waals surface area contributed by atoms with Crippen molar-refractivity contribution in [1.29, 1.82) is 0 Å². The van der Waals surface area contributed by atoms with Crippen LogP contribution in [-0.2, 0) is 9.47 Å². The summed E-state index contributed by atoms with van der Waals surface area (Å²) in [6, 6.07) is 7.48. The van der Waals surface area contributed by atoms with Crippen LogP contribution in [0.5, 0.6) is 5.75 Å². The molecule has 0 aromatic heterocycles. The molecule has 0 unspecified atom stereocenters. The summed E-state index contributed by atoms with van der Waals surface area (Å²) >= 11 is 0. The summed E-state index contributed by atoms with van der Waals surface area (Å²) in [5.74, 6) is -0.531. The van der Waals surface area contributed by atoms with Gasteiger partial charge in [-0.3, -0.25) is 0 Å². The third-order valence-corrected chi connectivity index (χ3v) is 3.00. The average Bonchev–Trinajstić information content (AvgIpc) is 2.72. The van der Waals surface area contributed by atoms with Crippen molar-refractivity contribution in [2.75, 3.05) is 14.2 Å². The van der Waals surface area contributed by atoms with Crippen LogP contribution in [-0.4, -0.2) is 30.9 Å². The van der Waals surface area contributed by atoms with Gasteiger partial charge in [0, 0.05) is 19.8 Å². The van der Waals surface area contributed by atoms with Crippen LogP contribution >= 0.6 is 0 Å². The first kappa shape index (κ1) is 11.9. The number of benzene rings is 1. The molecule has 2 atom stereocenters. The molecule has 2 rings (SSSR count). The molecular weight excluding hydrogens is 222 g/mol. The second kappa shape index (κ2) is 4.35. The van der Waals surface area contributed by atoms with Crippen LogP contribution in [0.1, 0.15) is 18.6 Å². The number of hydrogen-bond donors (Lipinski definition) is 1. The van der Waals surface area contributed by atoms with Gasteiger partial charge in [-0.15, -0.1) is 0 Å². The Bertz CT molecular complexity index is 446. The van der Waals surface area contributed by atoms with E-state index in [-0.39, 0.29) is 0 Å². The van der Waals surface area contributed by atoms with E-state index in [9.17, 15) is 0 Å². The van der Waals surface area contributed by atoms with Gasteiger partial charge in [0.05, 0.1) is 0 Å². The predicted octanol–water partition coefficient (Wildman–Crippen LogP) is 1.96. The van der Waals surface area contributed by atoms with Gasteiger partial charge >= 0.3 is 0 Å². The highest BCUT2D eigenvalue weighted by Gasteiger charge is 2.52. The van der Waals surface area contributed by atoms with Gasteiger partial charge in [-0.25, -0.2) is 0 Å². The number of ether oxygens (including phenoxy) is 3. The van der Waals surface area contributed by atoms with Gasteiger partial charge in [0.1, 0.15) is 11.5 Å². The van der Waals surface area contributed by atoms with E-state index in [0.29, 0.717) is 11.5 Å².